The third-order valence-corrected chi connectivity index (χ3v) is 3.86. The third-order valence-electron chi connectivity index (χ3n) is 2.79. The molecule has 0 saturated carbocycles. The highest BCUT2D eigenvalue weighted by atomic mass is 32.2. The number of carbonyl (C=O) groups is 1. The first-order valence-corrected chi connectivity index (χ1v) is 7.07. The maximum atomic E-state index is 11.2. The minimum absolute atomic E-state index is 0.390. The second-order valence-electron chi connectivity index (χ2n) is 4.19. The van der Waals surface area contributed by atoms with E-state index in [1.807, 2.05) is 13.8 Å². The second kappa shape index (κ2) is 7.35. The average molecular weight is 284 g/mol. The van der Waals surface area contributed by atoms with Crippen LogP contribution in [-0.2, 0) is 15.3 Å². The number of aryl methyl sites for hydroxylation is 1. The maximum absolute atomic E-state index is 11.2. The number of thioether (sulfide) groups is 1. The summed E-state index contributed by atoms with van der Waals surface area (Å²) in [5.41, 5.74) is 8.66. The first-order valence-electron chi connectivity index (χ1n) is 5.91. The maximum Gasteiger partial charge on any atom is 0.323 e. The number of hydrogen-bond donors (Lipinski definition) is 1. The number of carbonyl (C=O) groups excluding carboxylic acids is 1. The van der Waals surface area contributed by atoms with Gasteiger partial charge in [-0.1, -0.05) is 0 Å². The van der Waals surface area contributed by atoms with Crippen LogP contribution in [0.2, 0.25) is 0 Å². The van der Waals surface area contributed by atoms with E-state index in [9.17, 15) is 4.79 Å². The van der Waals surface area contributed by atoms with Crippen LogP contribution in [0, 0.1) is 13.8 Å². The van der Waals surface area contributed by atoms with Crippen molar-refractivity contribution in [3.05, 3.63) is 23.0 Å². The van der Waals surface area contributed by atoms with E-state index in [1.54, 1.807) is 25.1 Å². The highest BCUT2D eigenvalue weighted by Crippen LogP contribution is 2.26. The number of nitrogens with two attached hydrogens (primary N) is 1. The fourth-order valence-electron chi connectivity index (χ4n) is 1.72. The summed E-state index contributed by atoms with van der Waals surface area (Å²) in [7, 11) is 2.99. The number of hydrogen-bond acceptors (Lipinski definition) is 6. The molecule has 1 aromatic rings. The van der Waals surface area contributed by atoms with Gasteiger partial charge in [-0.2, -0.15) is 11.8 Å². The Morgan fingerprint density at radius 2 is 2.16 bits per heavy atom. The summed E-state index contributed by atoms with van der Waals surface area (Å²) in [6.07, 6.45) is 1.79. The van der Waals surface area contributed by atoms with Crippen LogP contribution in [0.5, 0.6) is 5.75 Å². The molecule has 19 heavy (non-hydrogen) atoms. The molecule has 0 saturated heterocycles. The van der Waals surface area contributed by atoms with Crippen molar-refractivity contribution in [2.24, 2.45) is 5.73 Å². The van der Waals surface area contributed by atoms with Gasteiger partial charge in [-0.15, -0.1) is 0 Å². The number of rotatable bonds is 6. The molecule has 0 bridgehead atoms. The van der Waals surface area contributed by atoms with Crippen molar-refractivity contribution < 1.29 is 14.3 Å². The van der Waals surface area contributed by atoms with Crippen LogP contribution in [0.15, 0.2) is 6.20 Å². The molecule has 0 aliphatic rings. The Morgan fingerprint density at radius 3 is 2.74 bits per heavy atom. The van der Waals surface area contributed by atoms with Gasteiger partial charge in [-0.3, -0.25) is 9.78 Å². The number of aromatic nitrogens is 1. The lowest BCUT2D eigenvalue weighted by Gasteiger charge is -2.13. The fraction of sp³-hybridized carbons (Fsp3) is 0.538. The zero-order chi connectivity index (χ0) is 14.4. The number of nitrogens with zero attached hydrogens (tertiary/aromatic N) is 1. The summed E-state index contributed by atoms with van der Waals surface area (Å²) < 4.78 is 9.93. The van der Waals surface area contributed by atoms with Crippen LogP contribution in [0.1, 0.15) is 16.8 Å². The van der Waals surface area contributed by atoms with Gasteiger partial charge in [0.2, 0.25) is 0 Å². The predicted molar refractivity (Wildman–Crippen MR) is 76.4 cm³/mol. The molecule has 0 spiro atoms. The molecule has 1 unspecified atom stereocenters. The summed E-state index contributed by atoms with van der Waals surface area (Å²) >= 11 is 1.55. The van der Waals surface area contributed by atoms with Crippen LogP contribution < -0.4 is 10.5 Å². The van der Waals surface area contributed by atoms with E-state index in [0.717, 1.165) is 22.6 Å². The molecule has 2 N–H and O–H groups in total. The highest BCUT2D eigenvalue weighted by Gasteiger charge is 2.15. The minimum atomic E-state index is -0.595. The Morgan fingerprint density at radius 1 is 1.47 bits per heavy atom. The standard InChI is InChI=1S/C13H20N2O3S/c1-8-5-15-11(9(2)12(8)17-3)7-19-6-10(14)13(16)18-4/h5,10H,6-7,14H2,1-4H3. The van der Waals surface area contributed by atoms with E-state index in [1.165, 1.54) is 7.11 Å². The van der Waals surface area contributed by atoms with Crippen molar-refractivity contribution in [2.45, 2.75) is 25.6 Å². The SMILES string of the molecule is COC(=O)C(N)CSCc1ncc(C)c(OC)c1C. The van der Waals surface area contributed by atoms with Crippen LogP contribution in [0.3, 0.4) is 0 Å². The van der Waals surface area contributed by atoms with Crippen molar-refractivity contribution in [2.75, 3.05) is 20.0 Å². The molecule has 1 atom stereocenters. The van der Waals surface area contributed by atoms with Crippen LogP contribution in [-0.4, -0.2) is 37.0 Å². The molecule has 0 aliphatic carbocycles. The lowest BCUT2D eigenvalue weighted by Crippen LogP contribution is -2.33. The van der Waals surface area contributed by atoms with Crippen molar-refractivity contribution in [1.29, 1.82) is 0 Å². The first kappa shape index (κ1) is 15.8. The van der Waals surface area contributed by atoms with E-state index < -0.39 is 12.0 Å². The molecular formula is C13H20N2O3S. The van der Waals surface area contributed by atoms with Gasteiger partial charge >= 0.3 is 5.97 Å². The third kappa shape index (κ3) is 4.11. The Bertz CT molecular complexity index is 452. The molecule has 106 valence electrons. The molecule has 1 aromatic heterocycles. The highest BCUT2D eigenvalue weighted by molar-refractivity contribution is 7.98. The monoisotopic (exact) mass is 284 g/mol. The van der Waals surface area contributed by atoms with E-state index in [4.69, 9.17) is 10.5 Å². The molecule has 1 rings (SSSR count). The summed E-state index contributed by atoms with van der Waals surface area (Å²) in [4.78, 5) is 15.6. The molecule has 0 amide bonds. The van der Waals surface area contributed by atoms with Gasteiger partial charge in [0.15, 0.2) is 0 Å². The molecular weight excluding hydrogens is 264 g/mol. The lowest BCUT2D eigenvalue weighted by molar-refractivity contribution is -0.141. The zero-order valence-electron chi connectivity index (χ0n) is 11.7. The Labute approximate surface area is 117 Å². The van der Waals surface area contributed by atoms with Crippen LogP contribution in [0.25, 0.3) is 0 Å². The molecule has 0 radical (unpaired) electrons. The van der Waals surface area contributed by atoms with E-state index >= 15 is 0 Å². The van der Waals surface area contributed by atoms with Gasteiger partial charge in [0, 0.05) is 28.8 Å². The van der Waals surface area contributed by atoms with Crippen LogP contribution in [0.4, 0.5) is 0 Å². The second-order valence-corrected chi connectivity index (χ2v) is 5.22. The van der Waals surface area contributed by atoms with Gasteiger partial charge in [-0.05, 0) is 13.8 Å². The summed E-state index contributed by atoms with van der Waals surface area (Å²) in [5.74, 6) is 1.67. The zero-order valence-corrected chi connectivity index (χ0v) is 12.5. The molecule has 5 nitrogen and oxygen atoms in total. The van der Waals surface area contributed by atoms with Gasteiger partial charge in [-0.25, -0.2) is 0 Å². The van der Waals surface area contributed by atoms with Crippen molar-refractivity contribution >= 4 is 17.7 Å². The molecule has 0 aromatic carbocycles. The summed E-state index contributed by atoms with van der Waals surface area (Å²) in [6.45, 7) is 3.94. The van der Waals surface area contributed by atoms with Gasteiger partial charge in [0.1, 0.15) is 11.8 Å². The Kier molecular flexibility index (Phi) is 6.11. The largest absolute Gasteiger partial charge is 0.496 e. The van der Waals surface area contributed by atoms with Crippen molar-refractivity contribution in [3.8, 4) is 5.75 Å². The minimum Gasteiger partial charge on any atom is -0.496 e. The fourth-order valence-corrected chi connectivity index (χ4v) is 2.71. The number of pyridine rings is 1. The number of ether oxygens (including phenoxy) is 2. The molecule has 1 heterocycles. The van der Waals surface area contributed by atoms with E-state index in [2.05, 4.69) is 9.72 Å². The quantitative estimate of drug-likeness (QED) is 0.797. The first-order chi connectivity index (χ1) is 9.01. The normalized spacial score (nSPS) is 12.1. The Hall–Kier alpha value is -1.27. The lowest BCUT2D eigenvalue weighted by atomic mass is 10.1. The molecule has 0 fully saturated rings. The van der Waals surface area contributed by atoms with Gasteiger partial charge in [0.05, 0.1) is 19.9 Å². The Balaban J connectivity index is 2.62. The number of esters is 1. The topological polar surface area (TPSA) is 74.4 Å². The van der Waals surface area contributed by atoms with Gasteiger partial charge < -0.3 is 15.2 Å². The molecule has 6 heteroatoms. The van der Waals surface area contributed by atoms with Crippen LogP contribution >= 0.6 is 11.8 Å². The van der Waals surface area contributed by atoms with Crippen molar-refractivity contribution in [1.82, 2.24) is 4.98 Å². The molecule has 0 aliphatic heterocycles. The van der Waals surface area contributed by atoms with E-state index in [0.29, 0.717) is 11.5 Å². The van der Waals surface area contributed by atoms with Gasteiger partial charge in [0.25, 0.3) is 0 Å². The van der Waals surface area contributed by atoms with E-state index in [-0.39, 0.29) is 0 Å². The predicted octanol–water partition coefficient (Wildman–Crippen LogP) is 1.44. The number of methoxy groups -OCH3 is 2. The van der Waals surface area contributed by atoms with Crippen molar-refractivity contribution in [3.63, 3.8) is 0 Å². The smallest absolute Gasteiger partial charge is 0.323 e. The summed E-state index contributed by atoms with van der Waals surface area (Å²) in [5, 5.41) is 0. The average Bonchev–Trinajstić information content (AvgIpc) is 2.40. The summed E-state index contributed by atoms with van der Waals surface area (Å²) in [6, 6.07) is -0.595.